The number of thiazole rings is 1. The lowest BCUT2D eigenvalue weighted by molar-refractivity contribution is -0.113. The normalized spacial score (nSPS) is 10.9. The zero-order valence-electron chi connectivity index (χ0n) is 16.2. The molecule has 0 bridgehead atoms. The van der Waals surface area contributed by atoms with Crippen molar-refractivity contribution in [3.8, 4) is 11.8 Å². The summed E-state index contributed by atoms with van der Waals surface area (Å²) in [4.78, 5) is 16.6. The number of benzene rings is 2. The summed E-state index contributed by atoms with van der Waals surface area (Å²) in [5, 5.41) is 11.3. The monoisotopic (exact) mass is 442 g/mol. The van der Waals surface area contributed by atoms with Crippen LogP contribution in [0, 0.1) is 6.92 Å². The number of nitrogens with one attached hydrogen (secondary N) is 1. The molecule has 0 aliphatic carbocycles. The number of carbonyl (C=O) groups excluding carboxylic acids is 1. The van der Waals surface area contributed by atoms with Crippen LogP contribution in [0.1, 0.15) is 11.1 Å². The van der Waals surface area contributed by atoms with Gasteiger partial charge in [0, 0.05) is 0 Å². The molecule has 0 aliphatic heterocycles. The number of carbonyl (C=O) groups is 1. The Morgan fingerprint density at radius 2 is 2.03 bits per heavy atom. The molecule has 10 heteroatoms. The summed E-state index contributed by atoms with van der Waals surface area (Å²) in [5.74, 6) is 0.693. The van der Waals surface area contributed by atoms with E-state index in [9.17, 15) is 4.79 Å². The maximum Gasteiger partial charge on any atom is 0.415 e. The van der Waals surface area contributed by atoms with Crippen LogP contribution in [-0.2, 0) is 11.4 Å². The van der Waals surface area contributed by atoms with Crippen LogP contribution in [0.15, 0.2) is 52.1 Å². The van der Waals surface area contributed by atoms with Crippen LogP contribution in [0.5, 0.6) is 11.8 Å². The average molecular weight is 443 g/mol. The van der Waals surface area contributed by atoms with Crippen LogP contribution >= 0.6 is 23.1 Å². The van der Waals surface area contributed by atoms with Crippen molar-refractivity contribution >= 4 is 44.4 Å². The molecule has 0 unspecified atom stereocenters. The van der Waals surface area contributed by atoms with E-state index in [-0.39, 0.29) is 29.6 Å². The molecular weight excluding hydrogens is 424 g/mol. The van der Waals surface area contributed by atoms with Gasteiger partial charge in [-0.2, -0.15) is 0 Å². The molecule has 2 heterocycles. The van der Waals surface area contributed by atoms with Gasteiger partial charge in [-0.25, -0.2) is 4.98 Å². The molecule has 1 amide bonds. The first-order valence-electron chi connectivity index (χ1n) is 8.98. The number of amides is 1. The highest BCUT2D eigenvalue weighted by Gasteiger charge is 2.13. The number of aromatic nitrogens is 3. The Labute approximate surface area is 180 Å². The predicted octanol–water partition coefficient (Wildman–Crippen LogP) is 4.31. The van der Waals surface area contributed by atoms with E-state index >= 15 is 0 Å². The van der Waals surface area contributed by atoms with Gasteiger partial charge in [-0.15, -0.1) is 0 Å². The Bertz CT molecular complexity index is 1160. The molecule has 30 heavy (non-hydrogen) atoms. The number of aryl methyl sites for hydroxylation is 1. The van der Waals surface area contributed by atoms with E-state index in [0.717, 1.165) is 38.9 Å². The van der Waals surface area contributed by atoms with Crippen molar-refractivity contribution in [3.63, 3.8) is 0 Å². The first-order valence-corrected chi connectivity index (χ1v) is 10.8. The van der Waals surface area contributed by atoms with Crippen molar-refractivity contribution in [1.29, 1.82) is 0 Å². The van der Waals surface area contributed by atoms with Gasteiger partial charge in [-0.05, 0) is 42.3 Å². The van der Waals surface area contributed by atoms with Crippen molar-refractivity contribution in [2.75, 3.05) is 18.2 Å². The predicted molar refractivity (Wildman–Crippen MR) is 115 cm³/mol. The number of rotatable bonds is 8. The molecule has 4 aromatic rings. The van der Waals surface area contributed by atoms with E-state index in [2.05, 4.69) is 20.5 Å². The van der Waals surface area contributed by atoms with E-state index in [1.165, 1.54) is 11.3 Å². The highest BCUT2D eigenvalue weighted by molar-refractivity contribution is 7.99. The minimum atomic E-state index is -0.199. The van der Waals surface area contributed by atoms with Gasteiger partial charge < -0.3 is 19.2 Å². The van der Waals surface area contributed by atoms with Crippen LogP contribution in [0.3, 0.4) is 0 Å². The molecule has 8 nitrogen and oxygen atoms in total. The number of hydrogen-bond acceptors (Lipinski definition) is 9. The van der Waals surface area contributed by atoms with Crippen molar-refractivity contribution < 1.29 is 18.7 Å². The fourth-order valence-corrected chi connectivity index (χ4v) is 4.08. The maximum atomic E-state index is 12.2. The van der Waals surface area contributed by atoms with Gasteiger partial charge in [0.2, 0.25) is 5.91 Å². The second kappa shape index (κ2) is 9.14. The molecule has 0 saturated heterocycles. The minimum Gasteiger partial charge on any atom is -0.497 e. The van der Waals surface area contributed by atoms with Gasteiger partial charge in [0.25, 0.3) is 5.22 Å². The van der Waals surface area contributed by atoms with Gasteiger partial charge in [-0.3, -0.25) is 4.79 Å². The van der Waals surface area contributed by atoms with Gasteiger partial charge in [0.15, 0.2) is 5.13 Å². The number of methoxy groups -OCH3 is 1. The van der Waals surface area contributed by atoms with Gasteiger partial charge in [0.1, 0.15) is 12.4 Å². The van der Waals surface area contributed by atoms with Crippen LogP contribution in [0.25, 0.3) is 10.2 Å². The molecule has 0 spiro atoms. The Hall–Kier alpha value is -3.11. The number of nitrogens with zero attached hydrogens (tertiary/aromatic N) is 3. The molecule has 0 aliphatic rings. The van der Waals surface area contributed by atoms with E-state index < -0.39 is 0 Å². The third-order valence-electron chi connectivity index (χ3n) is 4.03. The summed E-state index contributed by atoms with van der Waals surface area (Å²) in [5.41, 5.74) is 2.96. The molecule has 0 radical (unpaired) electrons. The molecule has 0 saturated carbocycles. The molecular formula is C20H18N4O4S2. The SMILES string of the molecule is COc1ccc(COc2nnc(SCC(=O)Nc3nc4ccc(C)cc4s3)o2)cc1. The van der Waals surface area contributed by atoms with Crippen LogP contribution < -0.4 is 14.8 Å². The fourth-order valence-electron chi connectivity index (χ4n) is 2.55. The van der Waals surface area contributed by atoms with Crippen molar-refractivity contribution in [1.82, 2.24) is 15.2 Å². The van der Waals surface area contributed by atoms with E-state index in [1.54, 1.807) is 7.11 Å². The largest absolute Gasteiger partial charge is 0.497 e. The topological polar surface area (TPSA) is 99.4 Å². The standard InChI is InChI=1S/C20H18N4O4S2/c1-12-3-8-15-16(9-12)30-18(21-15)22-17(25)11-29-20-24-23-19(28-20)27-10-13-4-6-14(26-2)7-5-13/h3-9H,10-11H2,1-2H3,(H,21,22,25). The smallest absolute Gasteiger partial charge is 0.415 e. The van der Waals surface area contributed by atoms with Gasteiger partial charge >= 0.3 is 6.08 Å². The number of ether oxygens (including phenoxy) is 2. The lowest BCUT2D eigenvalue weighted by Gasteiger charge is -2.03. The quantitative estimate of drug-likeness (QED) is 0.403. The first-order chi connectivity index (χ1) is 14.6. The zero-order valence-corrected chi connectivity index (χ0v) is 17.9. The summed E-state index contributed by atoms with van der Waals surface area (Å²) >= 11 is 2.57. The minimum absolute atomic E-state index is 0.0512. The van der Waals surface area contributed by atoms with Crippen molar-refractivity contribution in [2.45, 2.75) is 18.8 Å². The highest BCUT2D eigenvalue weighted by Crippen LogP contribution is 2.27. The fraction of sp³-hybridized carbons (Fsp3) is 0.200. The van der Waals surface area contributed by atoms with Crippen molar-refractivity contribution in [2.24, 2.45) is 0 Å². The molecule has 154 valence electrons. The second-order valence-corrected chi connectivity index (χ2v) is 8.25. The number of hydrogen-bond donors (Lipinski definition) is 1. The zero-order chi connectivity index (χ0) is 20.9. The summed E-state index contributed by atoms with van der Waals surface area (Å²) in [6.45, 7) is 2.31. The molecule has 1 N–H and O–H groups in total. The Morgan fingerprint density at radius 3 is 2.83 bits per heavy atom. The maximum absolute atomic E-state index is 12.2. The lowest BCUT2D eigenvalue weighted by atomic mass is 10.2. The van der Waals surface area contributed by atoms with Crippen molar-refractivity contribution in [3.05, 3.63) is 53.6 Å². The molecule has 2 aromatic carbocycles. The van der Waals surface area contributed by atoms with Crippen LogP contribution in [0.2, 0.25) is 0 Å². The Morgan fingerprint density at radius 1 is 1.20 bits per heavy atom. The third-order valence-corrected chi connectivity index (χ3v) is 5.78. The first kappa shape index (κ1) is 20.2. The summed E-state index contributed by atoms with van der Waals surface area (Å²) in [7, 11) is 1.61. The molecule has 0 atom stereocenters. The number of anilines is 1. The molecule has 2 aromatic heterocycles. The second-order valence-electron chi connectivity index (χ2n) is 6.30. The Balaban J connectivity index is 1.26. The third kappa shape index (κ3) is 5.08. The lowest BCUT2D eigenvalue weighted by Crippen LogP contribution is -2.13. The summed E-state index contributed by atoms with van der Waals surface area (Å²) in [6, 6.07) is 13.4. The highest BCUT2D eigenvalue weighted by atomic mass is 32.2. The summed E-state index contributed by atoms with van der Waals surface area (Å²) < 4.78 is 17.1. The van der Waals surface area contributed by atoms with E-state index in [4.69, 9.17) is 13.9 Å². The molecule has 4 rings (SSSR count). The van der Waals surface area contributed by atoms with Gasteiger partial charge in [-0.1, -0.05) is 51.5 Å². The molecule has 0 fully saturated rings. The van der Waals surface area contributed by atoms with Crippen LogP contribution in [0.4, 0.5) is 5.13 Å². The van der Waals surface area contributed by atoms with Gasteiger partial charge in [0.05, 0.1) is 23.1 Å². The average Bonchev–Trinajstić information content (AvgIpc) is 3.37. The number of fused-ring (bicyclic) bond motifs is 1. The van der Waals surface area contributed by atoms with E-state index in [1.807, 2.05) is 49.4 Å². The Kier molecular flexibility index (Phi) is 6.15. The van der Waals surface area contributed by atoms with Crippen LogP contribution in [-0.4, -0.2) is 34.0 Å². The van der Waals surface area contributed by atoms with E-state index in [0.29, 0.717) is 5.13 Å². The number of thioether (sulfide) groups is 1. The summed E-state index contributed by atoms with van der Waals surface area (Å²) in [6.07, 6.45) is 0.0512.